The van der Waals surface area contributed by atoms with Gasteiger partial charge in [0.2, 0.25) is 5.91 Å². The second-order valence-electron chi connectivity index (χ2n) is 7.99. The average Bonchev–Trinajstić information content (AvgIpc) is 3.27. The SMILES string of the molecule is Cc1cccc(N2C(=NC(=O)CCC3CCCC3)S[C@@H]3CS(=O)(=O)C[C@@H]32)c1. The van der Waals surface area contributed by atoms with E-state index in [1.165, 1.54) is 37.4 Å². The summed E-state index contributed by atoms with van der Waals surface area (Å²) in [5.74, 6) is 0.890. The molecule has 1 aliphatic carbocycles. The van der Waals surface area contributed by atoms with Crippen LogP contribution < -0.4 is 4.90 Å². The van der Waals surface area contributed by atoms with Crippen LogP contribution in [-0.2, 0) is 14.6 Å². The van der Waals surface area contributed by atoms with Gasteiger partial charge in [-0.3, -0.25) is 4.79 Å². The highest BCUT2D eigenvalue weighted by atomic mass is 32.2. The summed E-state index contributed by atoms with van der Waals surface area (Å²) < 4.78 is 24.2. The quantitative estimate of drug-likeness (QED) is 0.765. The number of amides is 1. The van der Waals surface area contributed by atoms with Gasteiger partial charge in [0.15, 0.2) is 15.0 Å². The van der Waals surface area contributed by atoms with Crippen LogP contribution in [0, 0.1) is 12.8 Å². The molecule has 0 radical (unpaired) electrons. The molecule has 2 heterocycles. The summed E-state index contributed by atoms with van der Waals surface area (Å²) in [4.78, 5) is 18.9. The van der Waals surface area contributed by atoms with Gasteiger partial charge in [0.1, 0.15) is 0 Å². The van der Waals surface area contributed by atoms with Gasteiger partial charge >= 0.3 is 0 Å². The second kappa shape index (κ2) is 7.59. The molecular weight excluding hydrogens is 380 g/mol. The number of fused-ring (bicyclic) bond motifs is 1. The molecule has 3 fully saturated rings. The minimum absolute atomic E-state index is 0.0445. The fraction of sp³-hybridized carbons (Fsp3) is 0.600. The summed E-state index contributed by atoms with van der Waals surface area (Å²) in [5.41, 5.74) is 2.03. The fourth-order valence-electron chi connectivity index (χ4n) is 4.43. The number of anilines is 1. The first-order valence-corrected chi connectivity index (χ1v) is 12.5. The van der Waals surface area contributed by atoms with E-state index in [9.17, 15) is 13.2 Å². The molecule has 1 amide bonds. The first kappa shape index (κ1) is 19.0. The Hall–Kier alpha value is -1.34. The number of hydrogen-bond acceptors (Lipinski definition) is 4. The lowest BCUT2D eigenvalue weighted by Crippen LogP contribution is -2.37. The van der Waals surface area contributed by atoms with E-state index in [4.69, 9.17) is 0 Å². The van der Waals surface area contributed by atoms with Crippen LogP contribution in [0.3, 0.4) is 0 Å². The molecule has 3 aliphatic rings. The number of rotatable bonds is 4. The predicted octanol–water partition coefficient (Wildman–Crippen LogP) is 3.57. The molecule has 2 aliphatic heterocycles. The number of amidine groups is 1. The number of aliphatic imine (C=N–C) groups is 1. The number of aryl methyl sites for hydroxylation is 1. The topological polar surface area (TPSA) is 66.8 Å². The average molecular weight is 407 g/mol. The molecule has 1 aromatic rings. The van der Waals surface area contributed by atoms with Gasteiger partial charge in [-0.2, -0.15) is 4.99 Å². The summed E-state index contributed by atoms with van der Waals surface area (Å²) in [7, 11) is -3.03. The zero-order chi connectivity index (χ0) is 19.0. The van der Waals surface area contributed by atoms with Crippen LogP contribution in [-0.4, -0.2) is 42.3 Å². The van der Waals surface area contributed by atoms with Crippen molar-refractivity contribution in [2.45, 2.75) is 56.7 Å². The van der Waals surface area contributed by atoms with Crippen molar-refractivity contribution in [3.63, 3.8) is 0 Å². The summed E-state index contributed by atoms with van der Waals surface area (Å²) in [5, 5.41) is 0.624. The van der Waals surface area contributed by atoms with Crippen LogP contribution in [0.15, 0.2) is 29.3 Å². The van der Waals surface area contributed by atoms with Crippen molar-refractivity contribution in [2.75, 3.05) is 16.4 Å². The standard InChI is InChI=1S/C20H26N2O3S2/c1-14-5-4-8-16(11-14)22-17-12-27(24,25)13-18(17)26-20(22)21-19(23)10-9-15-6-2-3-7-15/h4-5,8,11,15,17-18H,2-3,6-7,9-10,12-13H2,1H3/t17-,18+/m0/s1. The van der Waals surface area contributed by atoms with Crippen molar-refractivity contribution in [1.82, 2.24) is 0 Å². The highest BCUT2D eigenvalue weighted by Crippen LogP contribution is 2.41. The van der Waals surface area contributed by atoms with Gasteiger partial charge in [0, 0.05) is 17.4 Å². The zero-order valence-corrected chi connectivity index (χ0v) is 17.3. The molecule has 146 valence electrons. The molecule has 1 aromatic carbocycles. The van der Waals surface area contributed by atoms with E-state index in [-0.39, 0.29) is 28.7 Å². The molecule has 5 nitrogen and oxygen atoms in total. The number of thioether (sulfide) groups is 1. The molecular formula is C20H26N2O3S2. The van der Waals surface area contributed by atoms with Crippen molar-refractivity contribution in [1.29, 1.82) is 0 Å². The monoisotopic (exact) mass is 406 g/mol. The second-order valence-corrected chi connectivity index (χ2v) is 11.3. The third kappa shape index (κ3) is 4.24. The van der Waals surface area contributed by atoms with Gasteiger partial charge in [-0.25, -0.2) is 8.42 Å². The number of nitrogens with zero attached hydrogens (tertiary/aromatic N) is 2. The summed E-state index contributed by atoms with van der Waals surface area (Å²) in [6.07, 6.45) is 6.44. The van der Waals surface area contributed by atoms with Crippen LogP contribution in [0.4, 0.5) is 5.69 Å². The lowest BCUT2D eigenvalue weighted by Gasteiger charge is -2.24. The van der Waals surface area contributed by atoms with Crippen LogP contribution in [0.25, 0.3) is 0 Å². The van der Waals surface area contributed by atoms with Crippen molar-refractivity contribution in [2.24, 2.45) is 10.9 Å². The van der Waals surface area contributed by atoms with Gasteiger partial charge < -0.3 is 4.90 Å². The van der Waals surface area contributed by atoms with E-state index in [1.54, 1.807) is 0 Å². The Labute approximate surface area is 165 Å². The van der Waals surface area contributed by atoms with Gasteiger partial charge in [0.05, 0.1) is 17.5 Å². The van der Waals surface area contributed by atoms with E-state index in [0.29, 0.717) is 17.5 Å². The summed E-state index contributed by atoms with van der Waals surface area (Å²) in [6.45, 7) is 2.01. The molecule has 4 rings (SSSR count). The third-order valence-electron chi connectivity index (χ3n) is 5.81. The molecule has 1 saturated carbocycles. The van der Waals surface area contributed by atoms with Crippen LogP contribution >= 0.6 is 11.8 Å². The predicted molar refractivity (Wildman–Crippen MR) is 111 cm³/mol. The van der Waals surface area contributed by atoms with Crippen molar-refractivity contribution >= 4 is 38.4 Å². The number of carbonyl (C=O) groups excluding carboxylic acids is 1. The van der Waals surface area contributed by atoms with Gasteiger partial charge in [-0.1, -0.05) is 49.6 Å². The van der Waals surface area contributed by atoms with Crippen LogP contribution in [0.5, 0.6) is 0 Å². The first-order chi connectivity index (χ1) is 12.9. The Morgan fingerprint density at radius 3 is 2.78 bits per heavy atom. The van der Waals surface area contributed by atoms with E-state index < -0.39 is 9.84 Å². The lowest BCUT2D eigenvalue weighted by molar-refractivity contribution is -0.118. The fourth-order valence-corrected chi connectivity index (χ4v) is 8.36. The van der Waals surface area contributed by atoms with E-state index in [2.05, 4.69) is 4.99 Å². The maximum absolute atomic E-state index is 12.5. The van der Waals surface area contributed by atoms with E-state index >= 15 is 0 Å². The molecule has 0 bridgehead atoms. The Kier molecular flexibility index (Phi) is 5.34. The molecule has 7 heteroatoms. The Balaban J connectivity index is 1.55. The lowest BCUT2D eigenvalue weighted by atomic mass is 10.0. The smallest absolute Gasteiger partial charge is 0.248 e. The Morgan fingerprint density at radius 2 is 2.04 bits per heavy atom. The van der Waals surface area contributed by atoms with E-state index in [0.717, 1.165) is 17.7 Å². The minimum atomic E-state index is -3.03. The third-order valence-corrected chi connectivity index (χ3v) is 9.02. The largest absolute Gasteiger partial charge is 0.316 e. The maximum atomic E-state index is 12.5. The van der Waals surface area contributed by atoms with Crippen molar-refractivity contribution < 1.29 is 13.2 Å². The molecule has 0 N–H and O–H groups in total. The van der Waals surface area contributed by atoms with Crippen molar-refractivity contribution in [3.8, 4) is 0 Å². The maximum Gasteiger partial charge on any atom is 0.248 e. The van der Waals surface area contributed by atoms with Gasteiger partial charge in [-0.15, -0.1) is 0 Å². The minimum Gasteiger partial charge on any atom is -0.316 e. The highest BCUT2D eigenvalue weighted by molar-refractivity contribution is 8.16. The van der Waals surface area contributed by atoms with Gasteiger partial charge in [0.25, 0.3) is 0 Å². The Morgan fingerprint density at radius 1 is 1.26 bits per heavy atom. The molecule has 0 spiro atoms. The molecule has 0 aromatic heterocycles. The first-order valence-electron chi connectivity index (χ1n) is 9.76. The number of sulfone groups is 1. The number of hydrogen-bond donors (Lipinski definition) is 0. The summed E-state index contributed by atoms with van der Waals surface area (Å²) in [6, 6.07) is 7.85. The highest BCUT2D eigenvalue weighted by Gasteiger charge is 2.49. The number of carbonyl (C=O) groups is 1. The molecule has 2 saturated heterocycles. The number of benzene rings is 1. The van der Waals surface area contributed by atoms with Crippen LogP contribution in [0.2, 0.25) is 0 Å². The normalized spacial score (nSPS) is 28.8. The Bertz CT molecular complexity index is 860. The molecule has 27 heavy (non-hydrogen) atoms. The van der Waals surface area contributed by atoms with Crippen LogP contribution in [0.1, 0.15) is 44.1 Å². The van der Waals surface area contributed by atoms with E-state index in [1.807, 2.05) is 36.1 Å². The summed E-state index contributed by atoms with van der Waals surface area (Å²) >= 11 is 1.45. The molecule has 0 unspecified atom stereocenters. The van der Waals surface area contributed by atoms with Crippen molar-refractivity contribution in [3.05, 3.63) is 29.8 Å². The van der Waals surface area contributed by atoms with Gasteiger partial charge in [-0.05, 0) is 37.0 Å². The molecule has 2 atom stereocenters. The zero-order valence-electron chi connectivity index (χ0n) is 15.6.